The standard InChI is InChI=1S/C28H37N3O5/c1-17(2)14-16-31-24(26(33)30-18-7-5-4-6-8-18)28-15-13-21(36-28)22(23(28)27(31)34)25(32)29-19-9-11-20(35-3)12-10-19/h9-13,15,17-18,21-24H,4-8,14,16H2,1-3H3,(H,29,32)(H,30,33)/t21-,22-,23-,24-,28-/m1/s1. The van der Waals surface area contributed by atoms with Crippen molar-refractivity contribution in [3.05, 3.63) is 36.4 Å². The Morgan fingerprint density at radius 2 is 1.86 bits per heavy atom. The van der Waals surface area contributed by atoms with Crippen LogP contribution in [0.5, 0.6) is 5.75 Å². The molecule has 1 aromatic carbocycles. The van der Waals surface area contributed by atoms with Gasteiger partial charge in [-0.05, 0) is 49.4 Å². The lowest BCUT2D eigenvalue weighted by molar-refractivity contribution is -0.141. The summed E-state index contributed by atoms with van der Waals surface area (Å²) in [5.74, 6) is -0.953. The van der Waals surface area contributed by atoms with E-state index in [0.29, 0.717) is 23.9 Å². The second-order valence-corrected chi connectivity index (χ2v) is 11.0. The fourth-order valence-electron chi connectivity index (χ4n) is 6.33. The average molecular weight is 496 g/mol. The Hall–Kier alpha value is -2.87. The third-order valence-electron chi connectivity index (χ3n) is 8.18. The summed E-state index contributed by atoms with van der Waals surface area (Å²) in [5, 5.41) is 6.17. The van der Waals surface area contributed by atoms with Gasteiger partial charge >= 0.3 is 0 Å². The molecule has 0 radical (unpaired) electrons. The highest BCUT2D eigenvalue weighted by Crippen LogP contribution is 2.55. The number of benzene rings is 1. The number of rotatable bonds is 8. The van der Waals surface area contributed by atoms with Crippen molar-refractivity contribution in [2.45, 2.75) is 76.2 Å². The fraction of sp³-hybridized carbons (Fsp3) is 0.607. The van der Waals surface area contributed by atoms with Gasteiger partial charge in [-0.3, -0.25) is 14.4 Å². The molecule has 3 aliphatic heterocycles. The molecule has 8 nitrogen and oxygen atoms in total. The van der Waals surface area contributed by atoms with Gasteiger partial charge in [0.15, 0.2) is 0 Å². The molecular formula is C28H37N3O5. The van der Waals surface area contributed by atoms with Gasteiger partial charge in [0.05, 0.1) is 25.0 Å². The number of hydrogen-bond donors (Lipinski definition) is 2. The monoisotopic (exact) mass is 495 g/mol. The van der Waals surface area contributed by atoms with Crippen molar-refractivity contribution in [3.63, 3.8) is 0 Å². The van der Waals surface area contributed by atoms with E-state index in [2.05, 4.69) is 24.5 Å². The Morgan fingerprint density at radius 1 is 1.14 bits per heavy atom. The van der Waals surface area contributed by atoms with Crippen molar-refractivity contribution in [2.24, 2.45) is 17.8 Å². The van der Waals surface area contributed by atoms with Gasteiger partial charge in [-0.2, -0.15) is 0 Å². The van der Waals surface area contributed by atoms with E-state index in [1.54, 1.807) is 36.3 Å². The molecule has 4 aliphatic rings. The Balaban J connectivity index is 1.41. The molecule has 1 aromatic rings. The van der Waals surface area contributed by atoms with Crippen LogP contribution >= 0.6 is 0 Å². The number of carbonyl (C=O) groups excluding carboxylic acids is 3. The topological polar surface area (TPSA) is 97.0 Å². The van der Waals surface area contributed by atoms with E-state index in [9.17, 15) is 14.4 Å². The molecule has 194 valence electrons. The first-order chi connectivity index (χ1) is 17.3. The van der Waals surface area contributed by atoms with Crippen molar-refractivity contribution >= 4 is 23.4 Å². The van der Waals surface area contributed by atoms with Crippen LogP contribution in [0.2, 0.25) is 0 Å². The van der Waals surface area contributed by atoms with E-state index in [4.69, 9.17) is 9.47 Å². The lowest BCUT2D eigenvalue weighted by atomic mass is 9.74. The number of carbonyl (C=O) groups is 3. The zero-order chi connectivity index (χ0) is 25.4. The maximum atomic E-state index is 13.9. The molecule has 1 aliphatic carbocycles. The minimum atomic E-state index is -1.11. The molecule has 5 atom stereocenters. The van der Waals surface area contributed by atoms with Crippen molar-refractivity contribution in [1.29, 1.82) is 0 Å². The van der Waals surface area contributed by atoms with Crippen LogP contribution in [-0.2, 0) is 19.1 Å². The van der Waals surface area contributed by atoms with E-state index in [-0.39, 0.29) is 23.8 Å². The van der Waals surface area contributed by atoms with Gasteiger partial charge in [0.2, 0.25) is 17.7 Å². The summed E-state index contributed by atoms with van der Waals surface area (Å²) in [4.78, 5) is 42.8. The molecule has 5 rings (SSSR count). The Morgan fingerprint density at radius 3 is 2.53 bits per heavy atom. The van der Waals surface area contributed by atoms with Crippen LogP contribution in [0.4, 0.5) is 5.69 Å². The second kappa shape index (κ2) is 9.88. The Bertz CT molecular complexity index is 1030. The van der Waals surface area contributed by atoms with Crippen LogP contribution in [0.3, 0.4) is 0 Å². The first-order valence-corrected chi connectivity index (χ1v) is 13.3. The number of nitrogens with zero attached hydrogens (tertiary/aromatic N) is 1. The summed E-state index contributed by atoms with van der Waals surface area (Å²) in [5.41, 5.74) is -0.491. The molecule has 36 heavy (non-hydrogen) atoms. The summed E-state index contributed by atoms with van der Waals surface area (Å²) in [6.07, 6.45) is 9.29. The molecule has 8 heteroatoms. The predicted octanol–water partition coefficient (Wildman–Crippen LogP) is 3.28. The third kappa shape index (κ3) is 4.29. The van der Waals surface area contributed by atoms with Crippen molar-refractivity contribution < 1.29 is 23.9 Å². The van der Waals surface area contributed by atoms with Gasteiger partial charge in [0, 0.05) is 18.3 Å². The third-order valence-corrected chi connectivity index (χ3v) is 8.18. The zero-order valence-electron chi connectivity index (χ0n) is 21.4. The highest BCUT2D eigenvalue weighted by Gasteiger charge is 2.72. The Labute approximate surface area is 212 Å². The largest absolute Gasteiger partial charge is 0.497 e. The smallest absolute Gasteiger partial charge is 0.246 e. The van der Waals surface area contributed by atoms with Crippen molar-refractivity contribution in [3.8, 4) is 5.75 Å². The van der Waals surface area contributed by atoms with Crippen LogP contribution in [0.15, 0.2) is 36.4 Å². The fourth-order valence-corrected chi connectivity index (χ4v) is 6.33. The number of nitrogens with one attached hydrogen (secondary N) is 2. The lowest BCUT2D eigenvalue weighted by Gasteiger charge is -2.34. The summed E-state index contributed by atoms with van der Waals surface area (Å²) in [6, 6.07) is 6.43. The van der Waals surface area contributed by atoms with Gasteiger partial charge in [-0.25, -0.2) is 0 Å². The molecule has 1 spiro atoms. The molecular weight excluding hydrogens is 458 g/mol. The minimum absolute atomic E-state index is 0.125. The molecule has 2 bridgehead atoms. The van der Waals surface area contributed by atoms with Gasteiger partial charge < -0.3 is 25.0 Å². The average Bonchev–Trinajstić information content (AvgIpc) is 3.51. The molecule has 3 fully saturated rings. The molecule has 0 aromatic heterocycles. The van der Waals surface area contributed by atoms with Crippen LogP contribution in [0.1, 0.15) is 52.4 Å². The van der Waals surface area contributed by atoms with E-state index in [1.165, 1.54) is 6.42 Å². The highest BCUT2D eigenvalue weighted by molar-refractivity contribution is 6.02. The molecule has 0 unspecified atom stereocenters. The van der Waals surface area contributed by atoms with Crippen LogP contribution in [0.25, 0.3) is 0 Å². The number of ether oxygens (including phenoxy) is 2. The second-order valence-electron chi connectivity index (χ2n) is 11.0. The number of hydrogen-bond acceptors (Lipinski definition) is 5. The molecule has 2 N–H and O–H groups in total. The maximum Gasteiger partial charge on any atom is 0.246 e. The number of methoxy groups -OCH3 is 1. The maximum absolute atomic E-state index is 13.9. The first kappa shape index (κ1) is 24.8. The molecule has 1 saturated carbocycles. The quantitative estimate of drug-likeness (QED) is 0.540. The van der Waals surface area contributed by atoms with Crippen LogP contribution < -0.4 is 15.4 Å². The predicted molar refractivity (Wildman–Crippen MR) is 135 cm³/mol. The summed E-state index contributed by atoms with van der Waals surface area (Å²) >= 11 is 0. The van der Waals surface area contributed by atoms with E-state index < -0.39 is 29.6 Å². The van der Waals surface area contributed by atoms with Gasteiger partial charge in [0.25, 0.3) is 0 Å². The van der Waals surface area contributed by atoms with Gasteiger partial charge in [0.1, 0.15) is 17.4 Å². The minimum Gasteiger partial charge on any atom is -0.497 e. The van der Waals surface area contributed by atoms with E-state index in [1.807, 2.05) is 12.2 Å². The zero-order valence-corrected chi connectivity index (χ0v) is 21.4. The first-order valence-electron chi connectivity index (χ1n) is 13.3. The SMILES string of the molecule is COc1ccc(NC(=O)[C@@H]2[C@H]3C=C[C@@]4(O3)[C@H]2C(=O)N(CCC(C)C)[C@@H]4C(=O)NC2CCCCC2)cc1. The molecule has 3 heterocycles. The molecule has 3 amide bonds. The lowest BCUT2D eigenvalue weighted by Crippen LogP contribution is -2.56. The van der Waals surface area contributed by atoms with Gasteiger partial charge in [-0.1, -0.05) is 45.3 Å². The summed E-state index contributed by atoms with van der Waals surface area (Å²) < 4.78 is 11.6. The van der Waals surface area contributed by atoms with Crippen molar-refractivity contribution in [1.82, 2.24) is 10.2 Å². The van der Waals surface area contributed by atoms with E-state index in [0.717, 1.165) is 32.1 Å². The number of likely N-dealkylation sites (tertiary alicyclic amines) is 1. The van der Waals surface area contributed by atoms with E-state index >= 15 is 0 Å². The summed E-state index contributed by atoms with van der Waals surface area (Å²) in [7, 11) is 1.59. The number of anilines is 1. The van der Waals surface area contributed by atoms with Crippen LogP contribution in [-0.4, -0.2) is 60.1 Å². The van der Waals surface area contributed by atoms with Crippen molar-refractivity contribution in [2.75, 3.05) is 19.0 Å². The normalized spacial score (nSPS) is 31.1. The number of fused-ring (bicyclic) bond motifs is 1. The highest BCUT2D eigenvalue weighted by atomic mass is 16.5. The van der Waals surface area contributed by atoms with Gasteiger partial charge in [-0.15, -0.1) is 0 Å². The number of amides is 3. The van der Waals surface area contributed by atoms with Crippen LogP contribution in [0, 0.1) is 17.8 Å². The molecule has 2 saturated heterocycles. The Kier molecular flexibility index (Phi) is 6.81. The summed E-state index contributed by atoms with van der Waals surface area (Å²) in [6.45, 7) is 4.67.